The number of ether oxygens (including phenoxy) is 3. The molecule has 6 nitrogen and oxygen atoms in total. The fourth-order valence-corrected chi connectivity index (χ4v) is 7.89. The molecule has 0 fully saturated rings. The maximum atomic E-state index is 12.9. The SMILES string of the molecule is CC/C=C\C/C=C\C/C=C\C/C=C\C/C=C\CCCCCCCC(=O)OCC(COC(=O)CCCCCCC/C=C\CCCCCCCC)OC(=O)CCCCCCCCC/C=C\C/C=C\C/C=C\CC. The van der Waals surface area contributed by atoms with Gasteiger partial charge in [0.05, 0.1) is 0 Å². The Morgan fingerprint density at radius 3 is 0.873 bits per heavy atom. The first-order valence-electron chi connectivity index (χ1n) is 29.4. The van der Waals surface area contributed by atoms with Gasteiger partial charge < -0.3 is 14.2 Å². The van der Waals surface area contributed by atoms with Crippen LogP contribution in [0, 0.1) is 0 Å². The molecule has 0 aliphatic carbocycles. The van der Waals surface area contributed by atoms with E-state index in [1.807, 2.05) is 0 Å². The average Bonchev–Trinajstić information content (AvgIpc) is 3.37. The van der Waals surface area contributed by atoms with E-state index in [2.05, 4.69) is 130 Å². The van der Waals surface area contributed by atoms with Crippen LogP contribution in [-0.2, 0) is 28.6 Å². The second kappa shape index (κ2) is 58.6. The summed E-state index contributed by atoms with van der Waals surface area (Å²) in [4.78, 5) is 38.2. The van der Waals surface area contributed by atoms with Gasteiger partial charge in [0.25, 0.3) is 0 Å². The van der Waals surface area contributed by atoms with Gasteiger partial charge in [-0.15, -0.1) is 0 Å². The number of unbranched alkanes of at least 4 members (excludes halogenated alkanes) is 23. The first-order valence-corrected chi connectivity index (χ1v) is 29.4. The van der Waals surface area contributed by atoms with E-state index in [1.165, 1.54) is 83.5 Å². The molecule has 1 atom stereocenters. The summed E-state index contributed by atoms with van der Waals surface area (Å²) in [5.74, 6) is -0.929. The Bertz CT molecular complexity index is 1460. The minimum absolute atomic E-state index is 0.0939. The maximum Gasteiger partial charge on any atom is 0.306 e. The van der Waals surface area contributed by atoms with Gasteiger partial charge in [-0.3, -0.25) is 14.4 Å². The normalized spacial score (nSPS) is 12.9. The zero-order chi connectivity index (χ0) is 51.4. The van der Waals surface area contributed by atoms with Gasteiger partial charge in [0.2, 0.25) is 0 Å². The number of esters is 3. The van der Waals surface area contributed by atoms with Crippen molar-refractivity contribution in [1.82, 2.24) is 0 Å². The van der Waals surface area contributed by atoms with E-state index in [4.69, 9.17) is 14.2 Å². The zero-order valence-corrected chi connectivity index (χ0v) is 46.2. The van der Waals surface area contributed by atoms with Crippen molar-refractivity contribution in [2.45, 2.75) is 271 Å². The molecule has 6 heteroatoms. The summed E-state index contributed by atoms with van der Waals surface area (Å²) in [6.45, 7) is 6.39. The first-order chi connectivity index (χ1) is 35.0. The van der Waals surface area contributed by atoms with Crippen molar-refractivity contribution in [3.8, 4) is 0 Å². The van der Waals surface area contributed by atoms with Crippen LogP contribution in [-0.4, -0.2) is 37.2 Å². The molecule has 0 saturated heterocycles. The minimum atomic E-state index is -0.798. The molecular formula is C65H108O6. The molecule has 0 aromatic heterocycles. The van der Waals surface area contributed by atoms with Crippen molar-refractivity contribution in [2.24, 2.45) is 0 Å². The Balaban J connectivity index is 4.45. The molecule has 0 radical (unpaired) electrons. The van der Waals surface area contributed by atoms with Crippen LogP contribution in [0.5, 0.6) is 0 Å². The van der Waals surface area contributed by atoms with Crippen LogP contribution in [0.1, 0.15) is 265 Å². The third-order valence-electron chi connectivity index (χ3n) is 12.2. The summed E-state index contributed by atoms with van der Waals surface area (Å²) in [6, 6.07) is 0. The second-order valence-electron chi connectivity index (χ2n) is 19.1. The molecule has 0 spiro atoms. The summed E-state index contributed by atoms with van der Waals surface area (Å²) in [5.41, 5.74) is 0. The highest BCUT2D eigenvalue weighted by atomic mass is 16.6. The third-order valence-corrected chi connectivity index (χ3v) is 12.2. The van der Waals surface area contributed by atoms with Crippen LogP contribution in [0.3, 0.4) is 0 Å². The van der Waals surface area contributed by atoms with Gasteiger partial charge in [0.15, 0.2) is 6.10 Å². The monoisotopic (exact) mass is 985 g/mol. The minimum Gasteiger partial charge on any atom is -0.462 e. The number of carbonyl (C=O) groups excluding carboxylic acids is 3. The summed E-state index contributed by atoms with van der Waals surface area (Å²) in [5, 5.41) is 0. The topological polar surface area (TPSA) is 78.9 Å². The molecule has 0 bridgehead atoms. The van der Waals surface area contributed by atoms with Gasteiger partial charge in [0, 0.05) is 19.3 Å². The summed E-state index contributed by atoms with van der Waals surface area (Å²) in [6.07, 6.45) is 79.3. The standard InChI is InChI=1S/C65H108O6/c1-4-7-10-13-16-19-22-25-28-30-31-32-33-35-37-40-43-46-49-52-55-58-64(67)70-61-62(60-69-63(66)57-54-51-48-45-42-39-36-27-24-21-18-15-12-9-6-3)71-65(68)59-56-53-50-47-44-41-38-34-29-26-23-20-17-14-11-8-5-2/h7-8,10-11,16-17,19-20,25-29,31-32,35-37,62H,4-6,9,12-15,18,21-24,30,33-34,38-61H2,1-3H3/b10-7-,11-8-,19-16-,20-17-,28-25-,29-26-,32-31-,36-27-,37-35-. The molecule has 404 valence electrons. The molecule has 71 heavy (non-hydrogen) atoms. The fraction of sp³-hybridized carbons (Fsp3) is 0.677. The van der Waals surface area contributed by atoms with Crippen LogP contribution in [0.25, 0.3) is 0 Å². The van der Waals surface area contributed by atoms with E-state index in [0.29, 0.717) is 19.3 Å². The maximum absolute atomic E-state index is 12.9. The predicted octanol–water partition coefficient (Wildman–Crippen LogP) is 19.9. The smallest absolute Gasteiger partial charge is 0.306 e. The van der Waals surface area contributed by atoms with Crippen LogP contribution in [0.4, 0.5) is 0 Å². The van der Waals surface area contributed by atoms with Crippen molar-refractivity contribution in [2.75, 3.05) is 13.2 Å². The predicted molar refractivity (Wildman–Crippen MR) is 307 cm³/mol. The molecule has 1 unspecified atom stereocenters. The highest BCUT2D eigenvalue weighted by molar-refractivity contribution is 5.71. The molecule has 0 N–H and O–H groups in total. The van der Waals surface area contributed by atoms with Gasteiger partial charge in [-0.25, -0.2) is 0 Å². The van der Waals surface area contributed by atoms with Crippen LogP contribution < -0.4 is 0 Å². The van der Waals surface area contributed by atoms with Crippen LogP contribution >= 0.6 is 0 Å². The lowest BCUT2D eigenvalue weighted by Gasteiger charge is -2.18. The lowest BCUT2D eigenvalue weighted by Crippen LogP contribution is -2.30. The average molecular weight is 986 g/mol. The van der Waals surface area contributed by atoms with Gasteiger partial charge in [-0.05, 0) is 122 Å². The summed E-state index contributed by atoms with van der Waals surface area (Å²) < 4.78 is 16.9. The van der Waals surface area contributed by atoms with Crippen molar-refractivity contribution in [3.63, 3.8) is 0 Å². The van der Waals surface area contributed by atoms with Crippen molar-refractivity contribution in [1.29, 1.82) is 0 Å². The molecule has 0 rings (SSSR count). The van der Waals surface area contributed by atoms with Crippen molar-refractivity contribution in [3.05, 3.63) is 109 Å². The molecule has 0 heterocycles. The number of hydrogen-bond donors (Lipinski definition) is 0. The number of allylic oxidation sites excluding steroid dienone is 18. The molecular weight excluding hydrogens is 877 g/mol. The van der Waals surface area contributed by atoms with E-state index in [1.54, 1.807) is 0 Å². The summed E-state index contributed by atoms with van der Waals surface area (Å²) in [7, 11) is 0. The molecule has 0 aromatic rings. The Hall–Kier alpha value is -3.93. The Morgan fingerprint density at radius 1 is 0.296 bits per heavy atom. The number of hydrogen-bond acceptors (Lipinski definition) is 6. The summed E-state index contributed by atoms with van der Waals surface area (Å²) >= 11 is 0. The molecule has 0 aliphatic heterocycles. The molecule has 0 aromatic carbocycles. The van der Waals surface area contributed by atoms with E-state index in [-0.39, 0.29) is 31.1 Å². The lowest BCUT2D eigenvalue weighted by molar-refractivity contribution is -0.167. The van der Waals surface area contributed by atoms with E-state index in [0.717, 1.165) is 141 Å². The molecule has 0 saturated carbocycles. The van der Waals surface area contributed by atoms with Gasteiger partial charge in [-0.1, -0.05) is 233 Å². The van der Waals surface area contributed by atoms with Gasteiger partial charge in [-0.2, -0.15) is 0 Å². The highest BCUT2D eigenvalue weighted by Gasteiger charge is 2.19. The van der Waals surface area contributed by atoms with Crippen LogP contribution in [0.15, 0.2) is 109 Å². The Morgan fingerprint density at radius 2 is 0.549 bits per heavy atom. The van der Waals surface area contributed by atoms with E-state index in [9.17, 15) is 14.4 Å². The number of carbonyl (C=O) groups is 3. The van der Waals surface area contributed by atoms with Crippen molar-refractivity contribution < 1.29 is 28.6 Å². The molecule has 0 aliphatic rings. The fourth-order valence-electron chi connectivity index (χ4n) is 7.89. The quantitative estimate of drug-likeness (QED) is 0.0261. The molecule has 0 amide bonds. The largest absolute Gasteiger partial charge is 0.462 e. The zero-order valence-electron chi connectivity index (χ0n) is 46.2. The highest BCUT2D eigenvalue weighted by Crippen LogP contribution is 2.14. The van der Waals surface area contributed by atoms with Crippen molar-refractivity contribution >= 4 is 17.9 Å². The van der Waals surface area contributed by atoms with Crippen LogP contribution in [0.2, 0.25) is 0 Å². The third kappa shape index (κ3) is 56.9. The van der Waals surface area contributed by atoms with E-state index >= 15 is 0 Å². The van der Waals surface area contributed by atoms with Gasteiger partial charge >= 0.3 is 17.9 Å². The second-order valence-corrected chi connectivity index (χ2v) is 19.1. The van der Waals surface area contributed by atoms with E-state index < -0.39 is 6.10 Å². The number of rotatable bonds is 52. The first kappa shape index (κ1) is 67.1. The Labute approximate surface area is 438 Å². The lowest BCUT2D eigenvalue weighted by atomic mass is 10.1. The Kier molecular flexibility index (Phi) is 55.4. The van der Waals surface area contributed by atoms with Gasteiger partial charge in [0.1, 0.15) is 13.2 Å².